The molecule has 0 aromatic rings. The Morgan fingerprint density at radius 1 is 0.880 bits per heavy atom. The number of urea groups is 1. The Labute approximate surface area is 151 Å². The first-order chi connectivity index (χ1) is 12.1. The number of carbonyl (C=O) groups excluding carboxylic acids is 2. The lowest BCUT2D eigenvalue weighted by Gasteiger charge is -2.56. The van der Waals surface area contributed by atoms with Crippen molar-refractivity contribution in [2.45, 2.75) is 63.8 Å². The van der Waals surface area contributed by atoms with Gasteiger partial charge in [-0.2, -0.15) is 0 Å². The molecule has 0 radical (unpaired) electrons. The van der Waals surface area contributed by atoms with E-state index < -0.39 is 0 Å². The molecule has 6 nitrogen and oxygen atoms in total. The molecule has 0 atom stereocenters. The molecule has 4 fully saturated rings. The molecule has 0 aliphatic heterocycles. The van der Waals surface area contributed by atoms with Gasteiger partial charge in [0.05, 0.1) is 0 Å². The van der Waals surface area contributed by atoms with Crippen molar-refractivity contribution in [2.75, 3.05) is 26.2 Å². The van der Waals surface area contributed by atoms with Crippen molar-refractivity contribution in [1.29, 1.82) is 0 Å². The first-order valence-electron chi connectivity index (χ1n) is 10.1. The fourth-order valence-electron chi connectivity index (χ4n) is 5.52. The van der Waals surface area contributed by atoms with Crippen LogP contribution in [0.1, 0.15) is 58.3 Å². The molecule has 4 N–H and O–H groups in total. The minimum absolute atomic E-state index is 0.00611. The topological polar surface area (TPSA) is 82.3 Å². The van der Waals surface area contributed by atoms with Gasteiger partial charge in [0, 0.05) is 31.6 Å². The Bertz CT molecular complexity index is 445. The predicted octanol–water partition coefficient (Wildman–Crippen LogP) is 1.76. The molecule has 0 spiro atoms. The molecular formula is C19H34N4O2. The SMILES string of the molecule is CCCNCCNC(=O)CCNC(=O)NC12CC3CC(CC(C3)C1)C2. The average Bonchev–Trinajstić information content (AvgIpc) is 2.52. The van der Waals surface area contributed by atoms with Gasteiger partial charge in [-0.25, -0.2) is 4.79 Å². The van der Waals surface area contributed by atoms with Crippen molar-refractivity contribution in [2.24, 2.45) is 17.8 Å². The van der Waals surface area contributed by atoms with Gasteiger partial charge in [-0.3, -0.25) is 4.79 Å². The van der Waals surface area contributed by atoms with E-state index >= 15 is 0 Å². The van der Waals surface area contributed by atoms with Crippen LogP contribution in [0, 0.1) is 17.8 Å². The summed E-state index contributed by atoms with van der Waals surface area (Å²) in [5.74, 6) is 2.45. The Morgan fingerprint density at radius 2 is 1.52 bits per heavy atom. The molecule has 4 rings (SSSR count). The largest absolute Gasteiger partial charge is 0.355 e. The molecule has 4 aliphatic rings. The minimum Gasteiger partial charge on any atom is -0.355 e. The summed E-state index contributed by atoms with van der Waals surface area (Å²) in [5, 5.41) is 12.3. The number of nitrogens with one attached hydrogen (secondary N) is 4. The zero-order chi connectivity index (χ0) is 17.7. The third-order valence-corrected chi connectivity index (χ3v) is 6.11. The first kappa shape index (κ1) is 18.5. The van der Waals surface area contributed by atoms with E-state index in [-0.39, 0.29) is 17.5 Å². The molecular weight excluding hydrogens is 316 g/mol. The molecule has 0 heterocycles. The summed E-state index contributed by atoms with van der Waals surface area (Å²) >= 11 is 0. The first-order valence-corrected chi connectivity index (χ1v) is 10.1. The molecule has 0 unspecified atom stereocenters. The van der Waals surface area contributed by atoms with E-state index in [2.05, 4.69) is 28.2 Å². The van der Waals surface area contributed by atoms with Crippen LogP contribution in [0.25, 0.3) is 0 Å². The highest BCUT2D eigenvalue weighted by Crippen LogP contribution is 2.55. The van der Waals surface area contributed by atoms with Gasteiger partial charge in [-0.15, -0.1) is 0 Å². The highest BCUT2D eigenvalue weighted by atomic mass is 16.2. The number of hydrogen-bond donors (Lipinski definition) is 4. The summed E-state index contributed by atoms with van der Waals surface area (Å²) in [7, 11) is 0. The van der Waals surface area contributed by atoms with E-state index in [1.165, 1.54) is 19.3 Å². The summed E-state index contributed by atoms with van der Waals surface area (Å²) in [6, 6.07) is -0.0978. The molecule has 0 aromatic heterocycles. The van der Waals surface area contributed by atoms with Crippen LogP contribution in [-0.4, -0.2) is 43.7 Å². The van der Waals surface area contributed by atoms with Crippen LogP contribution >= 0.6 is 0 Å². The maximum atomic E-state index is 12.3. The van der Waals surface area contributed by atoms with Crippen LogP contribution < -0.4 is 21.3 Å². The second-order valence-corrected chi connectivity index (χ2v) is 8.43. The van der Waals surface area contributed by atoms with Gasteiger partial charge in [0.2, 0.25) is 5.91 Å². The number of hydrogen-bond acceptors (Lipinski definition) is 3. The van der Waals surface area contributed by atoms with Crippen LogP contribution in [0.2, 0.25) is 0 Å². The molecule has 25 heavy (non-hydrogen) atoms. The van der Waals surface area contributed by atoms with Crippen LogP contribution in [0.4, 0.5) is 4.79 Å². The van der Waals surface area contributed by atoms with Crippen LogP contribution in [0.5, 0.6) is 0 Å². The molecule has 4 saturated carbocycles. The lowest BCUT2D eigenvalue weighted by Crippen LogP contribution is -2.61. The summed E-state index contributed by atoms with van der Waals surface area (Å²) in [6.45, 7) is 4.91. The molecule has 4 aliphatic carbocycles. The summed E-state index contributed by atoms with van der Waals surface area (Å²) < 4.78 is 0. The Morgan fingerprint density at radius 3 is 2.12 bits per heavy atom. The smallest absolute Gasteiger partial charge is 0.315 e. The fraction of sp³-hybridized carbons (Fsp3) is 0.895. The second kappa shape index (κ2) is 8.39. The molecule has 4 bridgehead atoms. The Kier molecular flexibility index (Phi) is 6.20. The predicted molar refractivity (Wildman–Crippen MR) is 98.2 cm³/mol. The van der Waals surface area contributed by atoms with Gasteiger partial charge in [0.15, 0.2) is 0 Å². The molecule has 142 valence electrons. The second-order valence-electron chi connectivity index (χ2n) is 8.43. The van der Waals surface area contributed by atoms with Crippen LogP contribution in [0.3, 0.4) is 0 Å². The maximum Gasteiger partial charge on any atom is 0.315 e. The average molecular weight is 351 g/mol. The Balaban J connectivity index is 1.30. The van der Waals surface area contributed by atoms with Gasteiger partial charge in [-0.05, 0) is 69.2 Å². The van der Waals surface area contributed by atoms with Gasteiger partial charge >= 0.3 is 6.03 Å². The third kappa shape index (κ3) is 5.09. The molecule has 0 aromatic carbocycles. The lowest BCUT2D eigenvalue weighted by molar-refractivity contribution is -0.120. The molecule has 3 amide bonds. The van der Waals surface area contributed by atoms with Gasteiger partial charge in [0.1, 0.15) is 0 Å². The van der Waals surface area contributed by atoms with E-state index in [1.807, 2.05) is 0 Å². The Hall–Kier alpha value is -1.30. The number of carbonyl (C=O) groups is 2. The summed E-state index contributed by atoms with van der Waals surface area (Å²) in [6.07, 6.45) is 8.99. The highest BCUT2D eigenvalue weighted by molar-refractivity contribution is 5.78. The third-order valence-electron chi connectivity index (χ3n) is 6.11. The van der Waals surface area contributed by atoms with E-state index in [4.69, 9.17) is 0 Å². The van der Waals surface area contributed by atoms with E-state index in [0.29, 0.717) is 19.5 Å². The van der Waals surface area contributed by atoms with Gasteiger partial charge < -0.3 is 21.3 Å². The van der Waals surface area contributed by atoms with Gasteiger partial charge in [0.25, 0.3) is 0 Å². The monoisotopic (exact) mass is 350 g/mol. The standard InChI is InChI=1S/C19H34N4O2/c1-2-4-20-6-7-21-17(24)3-5-22-18(25)23-19-11-14-8-15(12-19)10-16(9-14)13-19/h14-16,20H,2-13H2,1H3,(H,21,24)(H2,22,23,25). The highest BCUT2D eigenvalue weighted by Gasteiger charge is 2.51. The van der Waals surface area contributed by atoms with Crippen molar-refractivity contribution >= 4 is 11.9 Å². The number of amides is 3. The molecule has 0 saturated heterocycles. The van der Waals surface area contributed by atoms with Crippen molar-refractivity contribution < 1.29 is 9.59 Å². The van der Waals surface area contributed by atoms with E-state index in [0.717, 1.165) is 56.5 Å². The summed E-state index contributed by atoms with van der Waals surface area (Å²) in [5.41, 5.74) is 0.0338. The summed E-state index contributed by atoms with van der Waals surface area (Å²) in [4.78, 5) is 24.0. The normalized spacial score (nSPS) is 32.4. The maximum absolute atomic E-state index is 12.3. The zero-order valence-corrected chi connectivity index (χ0v) is 15.5. The van der Waals surface area contributed by atoms with Gasteiger partial charge in [-0.1, -0.05) is 6.92 Å². The fourth-order valence-corrected chi connectivity index (χ4v) is 5.52. The van der Waals surface area contributed by atoms with Crippen molar-refractivity contribution in [3.63, 3.8) is 0 Å². The zero-order valence-electron chi connectivity index (χ0n) is 15.5. The van der Waals surface area contributed by atoms with E-state index in [1.54, 1.807) is 0 Å². The number of rotatable bonds is 9. The lowest BCUT2D eigenvalue weighted by atomic mass is 9.53. The van der Waals surface area contributed by atoms with Crippen LogP contribution in [-0.2, 0) is 4.79 Å². The van der Waals surface area contributed by atoms with E-state index in [9.17, 15) is 9.59 Å². The quantitative estimate of drug-likeness (QED) is 0.478. The van der Waals surface area contributed by atoms with Crippen LogP contribution in [0.15, 0.2) is 0 Å². The molecule has 6 heteroatoms. The van der Waals surface area contributed by atoms with Crippen molar-refractivity contribution in [3.8, 4) is 0 Å². The van der Waals surface area contributed by atoms with Crippen molar-refractivity contribution in [3.05, 3.63) is 0 Å². The minimum atomic E-state index is -0.0978. The van der Waals surface area contributed by atoms with Crippen molar-refractivity contribution in [1.82, 2.24) is 21.3 Å².